The lowest BCUT2D eigenvalue weighted by atomic mass is 10.1. The average Bonchev–Trinajstić information content (AvgIpc) is 3.17. The summed E-state index contributed by atoms with van der Waals surface area (Å²) in [7, 11) is 1.58. The van der Waals surface area contributed by atoms with Gasteiger partial charge in [-0.05, 0) is 48.9 Å². The number of benzene rings is 2. The van der Waals surface area contributed by atoms with E-state index in [0.717, 1.165) is 26.8 Å². The minimum atomic E-state index is -0.440. The van der Waals surface area contributed by atoms with Gasteiger partial charge in [0.2, 0.25) is 0 Å². The fraction of sp³-hybridized carbons (Fsp3) is 0.318. The van der Waals surface area contributed by atoms with Crippen LogP contribution in [0.25, 0.3) is 11.0 Å². The van der Waals surface area contributed by atoms with E-state index in [1.165, 1.54) is 0 Å². The second kappa shape index (κ2) is 9.17. The Morgan fingerprint density at radius 3 is 2.94 bits per heavy atom. The topological polar surface area (TPSA) is 96.6 Å². The van der Waals surface area contributed by atoms with Crippen molar-refractivity contribution in [2.45, 2.75) is 13.0 Å². The van der Waals surface area contributed by atoms with E-state index >= 15 is 0 Å². The quantitative estimate of drug-likeness (QED) is 0.557. The van der Waals surface area contributed by atoms with Crippen molar-refractivity contribution in [3.05, 3.63) is 57.8 Å². The first kappa shape index (κ1) is 21.5. The Balaban J connectivity index is 1.54. The predicted octanol–water partition coefficient (Wildman–Crippen LogP) is 3.11. The summed E-state index contributed by atoms with van der Waals surface area (Å²) in [5, 5.41) is 2.99. The number of H-pyrrole nitrogens is 1. The van der Waals surface area contributed by atoms with E-state index in [1.807, 2.05) is 25.1 Å². The van der Waals surface area contributed by atoms with Gasteiger partial charge < -0.3 is 24.7 Å². The van der Waals surface area contributed by atoms with Gasteiger partial charge in [-0.3, -0.25) is 9.59 Å². The number of rotatable bonds is 6. The molecule has 8 nitrogen and oxygen atoms in total. The minimum absolute atomic E-state index is 0.0778. The molecule has 1 atom stereocenters. The molecule has 0 radical (unpaired) electrons. The number of aryl methyl sites for hydroxylation is 1. The second-order valence-corrected chi connectivity index (χ2v) is 8.28. The smallest absolute Gasteiger partial charge is 0.253 e. The van der Waals surface area contributed by atoms with Crippen molar-refractivity contribution in [3.63, 3.8) is 0 Å². The number of nitrogens with zero attached hydrogens (tertiary/aromatic N) is 2. The Bertz CT molecular complexity index is 1130. The van der Waals surface area contributed by atoms with Crippen molar-refractivity contribution in [1.82, 2.24) is 15.3 Å². The van der Waals surface area contributed by atoms with Crippen LogP contribution < -0.4 is 10.2 Å². The van der Waals surface area contributed by atoms with Gasteiger partial charge in [-0.15, -0.1) is 0 Å². The lowest BCUT2D eigenvalue weighted by Crippen LogP contribution is -2.42. The molecule has 0 aliphatic carbocycles. The van der Waals surface area contributed by atoms with Crippen molar-refractivity contribution in [1.29, 1.82) is 0 Å². The van der Waals surface area contributed by atoms with Crippen molar-refractivity contribution in [2.24, 2.45) is 0 Å². The third kappa shape index (κ3) is 4.63. The number of carbonyl (C=O) groups excluding carboxylic acids is 2. The monoisotopic (exact) mass is 486 g/mol. The van der Waals surface area contributed by atoms with Crippen LogP contribution in [0.5, 0.6) is 0 Å². The number of aromatic nitrogens is 2. The normalized spacial score (nSPS) is 15.3. The predicted molar refractivity (Wildman–Crippen MR) is 120 cm³/mol. The zero-order chi connectivity index (χ0) is 22.0. The van der Waals surface area contributed by atoms with Gasteiger partial charge in [0.25, 0.3) is 11.8 Å². The summed E-state index contributed by atoms with van der Waals surface area (Å²) >= 11 is 3.45. The van der Waals surface area contributed by atoms with Gasteiger partial charge in [-0.2, -0.15) is 0 Å². The molecule has 162 valence electrons. The molecule has 1 aliphatic heterocycles. The first-order chi connectivity index (χ1) is 15.0. The molecule has 2 aromatic carbocycles. The molecule has 1 aliphatic rings. The second-order valence-electron chi connectivity index (χ2n) is 7.36. The number of nitrogens with one attached hydrogen (secondary N) is 2. The summed E-state index contributed by atoms with van der Waals surface area (Å²) < 4.78 is 11.4. The van der Waals surface area contributed by atoms with Gasteiger partial charge in [0.05, 0.1) is 24.2 Å². The maximum atomic E-state index is 13.0. The molecule has 1 aromatic heterocycles. The third-order valence-corrected chi connectivity index (χ3v) is 5.66. The van der Waals surface area contributed by atoms with Crippen molar-refractivity contribution < 1.29 is 19.1 Å². The SMILES string of the molecule is COCC(NC(=O)c1ccc(N2CCOCC2=O)c(C)c1)c1nc2ccc(Br)cc2[nH]1. The summed E-state index contributed by atoms with van der Waals surface area (Å²) in [6, 6.07) is 10.6. The molecule has 3 aromatic rings. The molecule has 2 amide bonds. The molecule has 1 saturated heterocycles. The van der Waals surface area contributed by atoms with Crippen LogP contribution in [0.15, 0.2) is 40.9 Å². The van der Waals surface area contributed by atoms with E-state index in [1.54, 1.807) is 30.2 Å². The van der Waals surface area contributed by atoms with Crippen LogP contribution in [0.1, 0.15) is 27.8 Å². The maximum Gasteiger partial charge on any atom is 0.253 e. The van der Waals surface area contributed by atoms with Gasteiger partial charge in [0, 0.05) is 29.4 Å². The summed E-state index contributed by atoms with van der Waals surface area (Å²) in [5.74, 6) is 0.297. The van der Waals surface area contributed by atoms with Crippen LogP contribution in [0, 0.1) is 6.92 Å². The number of imidazole rings is 1. The minimum Gasteiger partial charge on any atom is -0.382 e. The molecule has 2 N–H and O–H groups in total. The molecule has 0 spiro atoms. The van der Waals surface area contributed by atoms with Crippen LogP contribution in [-0.2, 0) is 14.3 Å². The van der Waals surface area contributed by atoms with Gasteiger partial charge in [0.15, 0.2) is 0 Å². The van der Waals surface area contributed by atoms with E-state index in [-0.39, 0.29) is 25.0 Å². The number of halogens is 1. The summed E-state index contributed by atoms with van der Waals surface area (Å²) in [6.45, 7) is 3.24. The number of hydrogen-bond donors (Lipinski definition) is 2. The largest absolute Gasteiger partial charge is 0.382 e. The van der Waals surface area contributed by atoms with Gasteiger partial charge in [0.1, 0.15) is 18.5 Å². The number of morpholine rings is 1. The highest BCUT2D eigenvalue weighted by atomic mass is 79.9. The van der Waals surface area contributed by atoms with Crippen LogP contribution in [0.3, 0.4) is 0 Å². The van der Waals surface area contributed by atoms with Crippen molar-refractivity contribution >= 4 is 44.5 Å². The molecule has 4 rings (SSSR count). The summed E-state index contributed by atoms with van der Waals surface area (Å²) in [4.78, 5) is 34.6. The van der Waals surface area contributed by atoms with Gasteiger partial charge in [-0.25, -0.2) is 4.98 Å². The fourth-order valence-electron chi connectivity index (χ4n) is 3.64. The van der Waals surface area contributed by atoms with Crippen LogP contribution in [-0.4, -0.2) is 55.3 Å². The fourth-order valence-corrected chi connectivity index (χ4v) is 4.00. The Morgan fingerprint density at radius 2 is 2.19 bits per heavy atom. The van der Waals surface area contributed by atoms with E-state index in [0.29, 0.717) is 24.5 Å². The first-order valence-electron chi connectivity index (χ1n) is 9.90. The van der Waals surface area contributed by atoms with Gasteiger partial charge >= 0.3 is 0 Å². The molecular weight excluding hydrogens is 464 g/mol. The number of anilines is 1. The average molecular weight is 487 g/mol. The van der Waals surface area contributed by atoms with E-state index in [9.17, 15) is 9.59 Å². The van der Waals surface area contributed by atoms with E-state index < -0.39 is 6.04 Å². The molecule has 0 bridgehead atoms. The number of fused-ring (bicyclic) bond motifs is 1. The molecule has 0 saturated carbocycles. The molecule has 1 fully saturated rings. The summed E-state index contributed by atoms with van der Waals surface area (Å²) in [6.07, 6.45) is 0. The van der Waals surface area contributed by atoms with Crippen LogP contribution in [0.4, 0.5) is 5.69 Å². The molecule has 2 heterocycles. The Kier molecular flexibility index (Phi) is 6.35. The highest BCUT2D eigenvalue weighted by Crippen LogP contribution is 2.24. The maximum absolute atomic E-state index is 13.0. The molecular formula is C22H23BrN4O4. The Morgan fingerprint density at radius 1 is 1.35 bits per heavy atom. The van der Waals surface area contributed by atoms with E-state index in [4.69, 9.17) is 9.47 Å². The lowest BCUT2D eigenvalue weighted by molar-refractivity contribution is -0.125. The number of methoxy groups -OCH3 is 1. The van der Waals surface area contributed by atoms with Gasteiger partial charge in [-0.1, -0.05) is 15.9 Å². The zero-order valence-electron chi connectivity index (χ0n) is 17.3. The number of ether oxygens (including phenoxy) is 2. The number of hydrogen-bond acceptors (Lipinski definition) is 5. The van der Waals surface area contributed by atoms with Crippen molar-refractivity contribution in [2.75, 3.05) is 38.4 Å². The third-order valence-electron chi connectivity index (χ3n) is 5.17. The standard InChI is InChI=1S/C22H23BrN4O4/c1-13-9-14(3-6-19(13)27-7-8-31-12-20(27)28)22(29)26-18(11-30-2)21-24-16-5-4-15(23)10-17(16)25-21/h3-6,9-10,18H,7-8,11-12H2,1-2H3,(H,24,25)(H,26,29). The zero-order valence-corrected chi connectivity index (χ0v) is 18.9. The number of amides is 2. The number of aromatic amines is 1. The first-order valence-corrected chi connectivity index (χ1v) is 10.7. The number of carbonyl (C=O) groups is 2. The molecule has 31 heavy (non-hydrogen) atoms. The Hall–Kier alpha value is -2.75. The molecule has 1 unspecified atom stereocenters. The van der Waals surface area contributed by atoms with Crippen molar-refractivity contribution in [3.8, 4) is 0 Å². The molecule has 9 heteroatoms. The highest BCUT2D eigenvalue weighted by molar-refractivity contribution is 9.10. The summed E-state index contributed by atoms with van der Waals surface area (Å²) in [5.41, 5.74) is 3.82. The Labute approximate surface area is 188 Å². The van der Waals surface area contributed by atoms with E-state index in [2.05, 4.69) is 31.2 Å². The highest BCUT2D eigenvalue weighted by Gasteiger charge is 2.23. The van der Waals surface area contributed by atoms with Crippen LogP contribution >= 0.6 is 15.9 Å². The lowest BCUT2D eigenvalue weighted by Gasteiger charge is -2.28. The van der Waals surface area contributed by atoms with Crippen LogP contribution in [0.2, 0.25) is 0 Å².